The number of hydrogen-bond donors (Lipinski definition) is 2. The predicted octanol–water partition coefficient (Wildman–Crippen LogP) is 4.76. The van der Waals surface area contributed by atoms with Crippen LogP contribution in [0.15, 0.2) is 77.4 Å². The van der Waals surface area contributed by atoms with Gasteiger partial charge in [-0.2, -0.15) is 0 Å². The molecule has 1 aliphatic rings. The van der Waals surface area contributed by atoms with Gasteiger partial charge in [-0.1, -0.05) is 38.1 Å². The SMILES string of the molecule is CC1=CC(=O)C(C(C)C)=CC1=C(c1ccc(N)cc1)c1ccc(N)cc1. The quantitative estimate of drug-likeness (QED) is 0.788. The van der Waals surface area contributed by atoms with Gasteiger partial charge in [0.25, 0.3) is 0 Å². The molecule has 0 aliphatic heterocycles. The van der Waals surface area contributed by atoms with E-state index in [9.17, 15) is 4.79 Å². The van der Waals surface area contributed by atoms with Crippen molar-refractivity contribution in [1.82, 2.24) is 0 Å². The number of nitrogen functional groups attached to an aromatic ring is 2. The second kappa shape index (κ2) is 7.04. The summed E-state index contributed by atoms with van der Waals surface area (Å²) in [4.78, 5) is 12.4. The molecule has 0 amide bonds. The van der Waals surface area contributed by atoms with Gasteiger partial charge in [0.1, 0.15) is 0 Å². The number of allylic oxidation sites excluding steroid dienone is 5. The molecule has 132 valence electrons. The van der Waals surface area contributed by atoms with Crippen molar-refractivity contribution in [3.63, 3.8) is 0 Å². The lowest BCUT2D eigenvalue weighted by Gasteiger charge is -2.21. The first-order valence-corrected chi connectivity index (χ1v) is 8.77. The normalized spacial score (nSPS) is 14.3. The van der Waals surface area contributed by atoms with E-state index in [2.05, 4.69) is 0 Å². The Labute approximate surface area is 154 Å². The molecular weight excluding hydrogens is 320 g/mol. The molecule has 1 aliphatic carbocycles. The molecule has 0 spiro atoms. The second-order valence-electron chi connectivity index (χ2n) is 6.98. The first-order chi connectivity index (χ1) is 12.4. The van der Waals surface area contributed by atoms with Crippen molar-refractivity contribution < 1.29 is 4.79 Å². The van der Waals surface area contributed by atoms with Gasteiger partial charge < -0.3 is 11.5 Å². The van der Waals surface area contributed by atoms with E-state index in [-0.39, 0.29) is 11.7 Å². The van der Waals surface area contributed by atoms with Gasteiger partial charge in [0, 0.05) is 16.9 Å². The number of carbonyl (C=O) groups excluding carboxylic acids is 1. The Hall–Kier alpha value is -3.07. The van der Waals surface area contributed by atoms with Crippen LogP contribution in [0.25, 0.3) is 5.57 Å². The summed E-state index contributed by atoms with van der Waals surface area (Å²) in [5.74, 6) is 0.260. The molecule has 0 saturated carbocycles. The van der Waals surface area contributed by atoms with Crippen molar-refractivity contribution in [3.8, 4) is 0 Å². The average Bonchev–Trinajstić information content (AvgIpc) is 2.59. The van der Waals surface area contributed by atoms with Crippen LogP contribution in [-0.2, 0) is 4.79 Å². The van der Waals surface area contributed by atoms with Crippen LogP contribution in [0.4, 0.5) is 11.4 Å². The van der Waals surface area contributed by atoms with E-state index in [1.807, 2.05) is 75.4 Å². The smallest absolute Gasteiger partial charge is 0.182 e. The van der Waals surface area contributed by atoms with Crippen molar-refractivity contribution >= 4 is 22.7 Å². The molecule has 0 radical (unpaired) electrons. The van der Waals surface area contributed by atoms with Crippen LogP contribution >= 0.6 is 0 Å². The van der Waals surface area contributed by atoms with E-state index in [1.165, 1.54) is 0 Å². The Morgan fingerprint density at radius 1 is 0.808 bits per heavy atom. The van der Waals surface area contributed by atoms with Gasteiger partial charge in [0.2, 0.25) is 0 Å². The number of rotatable bonds is 3. The summed E-state index contributed by atoms with van der Waals surface area (Å²) in [5, 5.41) is 0. The highest BCUT2D eigenvalue weighted by atomic mass is 16.1. The summed E-state index contributed by atoms with van der Waals surface area (Å²) in [7, 11) is 0. The van der Waals surface area contributed by atoms with E-state index < -0.39 is 0 Å². The second-order valence-corrected chi connectivity index (χ2v) is 6.98. The fourth-order valence-corrected chi connectivity index (χ4v) is 3.20. The molecule has 0 bridgehead atoms. The van der Waals surface area contributed by atoms with E-state index in [0.717, 1.165) is 44.8 Å². The molecule has 3 heteroatoms. The molecule has 0 saturated heterocycles. The molecular formula is C23H24N2O. The van der Waals surface area contributed by atoms with Crippen molar-refractivity contribution in [2.75, 3.05) is 11.5 Å². The Balaban J connectivity index is 2.30. The van der Waals surface area contributed by atoms with Gasteiger partial charge in [-0.3, -0.25) is 4.79 Å². The molecule has 0 heterocycles. The fourth-order valence-electron chi connectivity index (χ4n) is 3.20. The van der Waals surface area contributed by atoms with Crippen molar-refractivity contribution in [1.29, 1.82) is 0 Å². The predicted molar refractivity (Wildman–Crippen MR) is 109 cm³/mol. The maximum absolute atomic E-state index is 12.4. The minimum absolute atomic E-state index is 0.0928. The van der Waals surface area contributed by atoms with Crippen molar-refractivity contribution in [2.45, 2.75) is 20.8 Å². The zero-order chi connectivity index (χ0) is 18.8. The van der Waals surface area contributed by atoms with Gasteiger partial charge in [0.05, 0.1) is 0 Å². The minimum atomic E-state index is 0.0928. The van der Waals surface area contributed by atoms with Crippen molar-refractivity contribution in [3.05, 3.63) is 88.5 Å². The monoisotopic (exact) mass is 344 g/mol. The van der Waals surface area contributed by atoms with Crippen LogP contribution in [0.3, 0.4) is 0 Å². The Morgan fingerprint density at radius 2 is 1.27 bits per heavy atom. The summed E-state index contributed by atoms with van der Waals surface area (Å²) >= 11 is 0. The number of benzene rings is 2. The lowest BCUT2D eigenvalue weighted by atomic mass is 9.83. The number of nitrogens with two attached hydrogens (primary N) is 2. The standard InChI is InChI=1S/C23H24N2O/c1-14(2)20-13-21(15(3)12-22(20)26)23(16-4-8-18(24)9-5-16)17-6-10-19(25)11-7-17/h4-14H,24-25H2,1-3H3. The van der Waals surface area contributed by atoms with Gasteiger partial charge in [-0.05, 0) is 77.1 Å². The molecule has 4 N–H and O–H groups in total. The molecule has 3 nitrogen and oxygen atoms in total. The molecule has 26 heavy (non-hydrogen) atoms. The van der Waals surface area contributed by atoms with E-state index in [1.54, 1.807) is 6.08 Å². The lowest BCUT2D eigenvalue weighted by Crippen LogP contribution is -2.12. The topological polar surface area (TPSA) is 69.1 Å². The highest BCUT2D eigenvalue weighted by Crippen LogP contribution is 2.35. The molecule has 3 rings (SSSR count). The molecule has 0 fully saturated rings. The molecule has 0 aromatic heterocycles. The van der Waals surface area contributed by atoms with E-state index in [0.29, 0.717) is 0 Å². The number of ketones is 1. The van der Waals surface area contributed by atoms with Gasteiger partial charge in [-0.15, -0.1) is 0 Å². The van der Waals surface area contributed by atoms with Crippen molar-refractivity contribution in [2.24, 2.45) is 5.92 Å². The van der Waals surface area contributed by atoms with Crippen LogP contribution in [-0.4, -0.2) is 5.78 Å². The van der Waals surface area contributed by atoms with Crippen LogP contribution in [0.5, 0.6) is 0 Å². The van der Waals surface area contributed by atoms with Crippen LogP contribution in [0.1, 0.15) is 31.9 Å². The molecule has 0 atom stereocenters. The third kappa shape index (κ3) is 3.47. The highest BCUT2D eigenvalue weighted by molar-refractivity contribution is 6.08. The maximum Gasteiger partial charge on any atom is 0.182 e. The average molecular weight is 344 g/mol. The molecule has 2 aromatic rings. The summed E-state index contributed by atoms with van der Waals surface area (Å²) in [6.07, 6.45) is 3.77. The van der Waals surface area contributed by atoms with Gasteiger partial charge in [-0.25, -0.2) is 0 Å². The first kappa shape index (κ1) is 17.7. The Bertz CT molecular complexity index is 880. The van der Waals surface area contributed by atoms with Crippen LogP contribution in [0, 0.1) is 5.92 Å². The highest BCUT2D eigenvalue weighted by Gasteiger charge is 2.21. The molecule has 0 unspecified atom stereocenters. The zero-order valence-corrected chi connectivity index (χ0v) is 15.4. The summed E-state index contributed by atoms with van der Waals surface area (Å²) < 4.78 is 0. The molecule has 2 aromatic carbocycles. The van der Waals surface area contributed by atoms with E-state index >= 15 is 0 Å². The fraction of sp³-hybridized carbons (Fsp3) is 0.174. The third-order valence-corrected chi connectivity index (χ3v) is 4.65. The number of carbonyl (C=O) groups is 1. The number of hydrogen-bond acceptors (Lipinski definition) is 3. The van der Waals surface area contributed by atoms with Crippen LogP contribution < -0.4 is 11.5 Å². The zero-order valence-electron chi connectivity index (χ0n) is 15.4. The first-order valence-electron chi connectivity index (χ1n) is 8.77. The largest absolute Gasteiger partial charge is 0.399 e. The van der Waals surface area contributed by atoms with Gasteiger partial charge >= 0.3 is 0 Å². The Morgan fingerprint density at radius 3 is 1.69 bits per heavy atom. The third-order valence-electron chi connectivity index (χ3n) is 4.65. The summed E-state index contributed by atoms with van der Waals surface area (Å²) in [5.41, 5.74) is 19.2. The lowest BCUT2D eigenvalue weighted by molar-refractivity contribution is -0.111. The maximum atomic E-state index is 12.4. The van der Waals surface area contributed by atoms with Gasteiger partial charge in [0.15, 0.2) is 5.78 Å². The number of anilines is 2. The summed E-state index contributed by atoms with van der Waals surface area (Å²) in [6, 6.07) is 15.6. The summed E-state index contributed by atoms with van der Waals surface area (Å²) in [6.45, 7) is 6.07. The Kier molecular flexibility index (Phi) is 4.81. The van der Waals surface area contributed by atoms with E-state index in [4.69, 9.17) is 11.5 Å². The minimum Gasteiger partial charge on any atom is -0.399 e. The van der Waals surface area contributed by atoms with Crippen LogP contribution in [0.2, 0.25) is 0 Å².